The number of ether oxygens (including phenoxy) is 3. The Balaban J connectivity index is 1.97. The maximum atomic E-state index is 13.0. The van der Waals surface area contributed by atoms with Gasteiger partial charge in [0, 0.05) is 0 Å². The van der Waals surface area contributed by atoms with E-state index in [-0.39, 0.29) is 23.2 Å². The molecule has 0 unspecified atom stereocenters. The molecule has 0 amide bonds. The largest absolute Gasteiger partial charge is 0.497 e. The summed E-state index contributed by atoms with van der Waals surface area (Å²) in [6.07, 6.45) is 0. The Bertz CT molecular complexity index is 1240. The number of carbonyl (C=O) groups is 1. The van der Waals surface area contributed by atoms with E-state index in [0.717, 1.165) is 4.57 Å². The van der Waals surface area contributed by atoms with Crippen molar-refractivity contribution in [3.8, 4) is 29.2 Å². The van der Waals surface area contributed by atoms with E-state index in [0.29, 0.717) is 22.8 Å². The molecule has 3 rings (SSSR count). The summed E-state index contributed by atoms with van der Waals surface area (Å²) in [5.41, 5.74) is -0.240. The van der Waals surface area contributed by atoms with Gasteiger partial charge in [-0.05, 0) is 42.3 Å². The van der Waals surface area contributed by atoms with Gasteiger partial charge in [0.15, 0.2) is 18.1 Å². The van der Waals surface area contributed by atoms with Gasteiger partial charge in [-0.15, -0.1) is 0 Å². The first kappa shape index (κ1) is 22.4. The first-order chi connectivity index (χ1) is 15.4. The van der Waals surface area contributed by atoms with E-state index in [1.807, 2.05) is 6.07 Å². The Morgan fingerprint density at radius 1 is 1.06 bits per heavy atom. The second-order valence-corrected chi connectivity index (χ2v) is 6.91. The van der Waals surface area contributed by atoms with Gasteiger partial charge < -0.3 is 19.3 Å². The minimum atomic E-state index is -0.680. The molecule has 0 aliphatic carbocycles. The molecule has 0 radical (unpaired) electrons. The van der Waals surface area contributed by atoms with Crippen LogP contribution >= 0.6 is 0 Å². The SMILES string of the molecule is COc1ccc(Cn2c(O)c(C(=O)COc3ccccc3OC)c(C)c(C#N)c2=O)cc1. The molecule has 0 aliphatic rings. The summed E-state index contributed by atoms with van der Waals surface area (Å²) in [5, 5.41) is 20.3. The standard InChI is InChI=1S/C24H22N2O6/c1-15-18(12-25)23(28)26(13-16-8-10-17(30-2)11-9-16)24(29)22(15)19(27)14-32-21-7-5-4-6-20(21)31-3/h4-11,29H,13-14H2,1-3H3. The van der Waals surface area contributed by atoms with E-state index in [9.17, 15) is 20.0 Å². The van der Waals surface area contributed by atoms with Crippen LogP contribution in [0, 0.1) is 18.3 Å². The normalized spacial score (nSPS) is 10.3. The molecule has 8 heteroatoms. The lowest BCUT2D eigenvalue weighted by Crippen LogP contribution is -2.28. The number of nitrogens with zero attached hydrogens (tertiary/aromatic N) is 2. The summed E-state index contributed by atoms with van der Waals surface area (Å²) in [5.74, 6) is 0.342. The topological polar surface area (TPSA) is 111 Å². The average molecular weight is 434 g/mol. The zero-order valence-corrected chi connectivity index (χ0v) is 17.9. The molecule has 3 aromatic rings. The molecular weight excluding hydrogens is 412 g/mol. The van der Waals surface area contributed by atoms with Crippen molar-refractivity contribution in [1.82, 2.24) is 4.57 Å². The van der Waals surface area contributed by atoms with E-state index in [4.69, 9.17) is 14.2 Å². The second-order valence-electron chi connectivity index (χ2n) is 6.91. The van der Waals surface area contributed by atoms with Crippen molar-refractivity contribution < 1.29 is 24.1 Å². The van der Waals surface area contributed by atoms with Crippen LogP contribution in [0.25, 0.3) is 0 Å². The molecule has 0 saturated heterocycles. The summed E-state index contributed by atoms with van der Waals surface area (Å²) in [7, 11) is 3.02. The molecule has 0 aliphatic heterocycles. The maximum Gasteiger partial charge on any atom is 0.271 e. The van der Waals surface area contributed by atoms with Gasteiger partial charge in [0.25, 0.3) is 5.56 Å². The van der Waals surface area contributed by atoms with Crippen LogP contribution in [0.1, 0.15) is 27.0 Å². The van der Waals surface area contributed by atoms with Crippen molar-refractivity contribution in [2.24, 2.45) is 0 Å². The summed E-state index contributed by atoms with van der Waals surface area (Å²) in [4.78, 5) is 25.8. The fourth-order valence-corrected chi connectivity index (χ4v) is 3.30. The lowest BCUT2D eigenvalue weighted by Gasteiger charge is -2.16. The number of methoxy groups -OCH3 is 2. The van der Waals surface area contributed by atoms with Crippen molar-refractivity contribution in [2.45, 2.75) is 13.5 Å². The molecule has 32 heavy (non-hydrogen) atoms. The molecule has 164 valence electrons. The first-order valence-electron chi connectivity index (χ1n) is 9.69. The Labute approximate surface area is 184 Å². The van der Waals surface area contributed by atoms with Crippen molar-refractivity contribution in [2.75, 3.05) is 20.8 Å². The van der Waals surface area contributed by atoms with Crippen molar-refractivity contribution in [3.63, 3.8) is 0 Å². The molecule has 0 fully saturated rings. The van der Waals surface area contributed by atoms with Gasteiger partial charge in [-0.3, -0.25) is 14.2 Å². The number of ketones is 1. The second kappa shape index (κ2) is 9.71. The zero-order chi connectivity index (χ0) is 23.3. The number of aromatic nitrogens is 1. The molecule has 0 saturated carbocycles. The predicted molar refractivity (Wildman–Crippen MR) is 117 cm³/mol. The van der Waals surface area contributed by atoms with Gasteiger partial charge in [-0.25, -0.2) is 0 Å². The summed E-state index contributed by atoms with van der Waals surface area (Å²) in [6, 6.07) is 15.5. The van der Waals surface area contributed by atoms with E-state index in [2.05, 4.69) is 0 Å². The highest BCUT2D eigenvalue weighted by Crippen LogP contribution is 2.27. The average Bonchev–Trinajstić information content (AvgIpc) is 2.81. The van der Waals surface area contributed by atoms with Crippen LogP contribution in [0.3, 0.4) is 0 Å². The highest BCUT2D eigenvalue weighted by molar-refractivity contribution is 6.01. The van der Waals surface area contributed by atoms with Crippen LogP contribution in [0.4, 0.5) is 0 Å². The van der Waals surface area contributed by atoms with Crippen LogP contribution < -0.4 is 19.8 Å². The highest BCUT2D eigenvalue weighted by atomic mass is 16.5. The van der Waals surface area contributed by atoms with Crippen molar-refractivity contribution >= 4 is 5.78 Å². The van der Waals surface area contributed by atoms with Crippen LogP contribution in [0.15, 0.2) is 53.3 Å². The number of pyridine rings is 1. The molecule has 2 aromatic carbocycles. The number of rotatable bonds is 8. The molecule has 8 nitrogen and oxygen atoms in total. The fraction of sp³-hybridized carbons (Fsp3) is 0.208. The number of hydrogen-bond donors (Lipinski definition) is 1. The number of carbonyl (C=O) groups excluding carboxylic acids is 1. The van der Waals surface area contributed by atoms with Gasteiger partial charge in [0.2, 0.25) is 11.7 Å². The minimum absolute atomic E-state index is 0.0305. The Hall–Kier alpha value is -4.25. The van der Waals surface area contributed by atoms with E-state index < -0.39 is 23.8 Å². The first-order valence-corrected chi connectivity index (χ1v) is 9.69. The quantitative estimate of drug-likeness (QED) is 0.543. The number of nitriles is 1. The number of hydrogen-bond acceptors (Lipinski definition) is 7. The van der Waals surface area contributed by atoms with Crippen LogP contribution in [0.2, 0.25) is 0 Å². The van der Waals surface area contributed by atoms with Crippen LogP contribution in [0.5, 0.6) is 23.1 Å². The Morgan fingerprint density at radius 3 is 2.31 bits per heavy atom. The third-order valence-electron chi connectivity index (χ3n) is 5.01. The molecule has 1 heterocycles. The third-order valence-corrected chi connectivity index (χ3v) is 5.01. The zero-order valence-electron chi connectivity index (χ0n) is 17.9. The molecule has 1 N–H and O–H groups in total. The third kappa shape index (κ3) is 4.42. The highest BCUT2D eigenvalue weighted by Gasteiger charge is 2.24. The molecule has 0 atom stereocenters. The van der Waals surface area contributed by atoms with Gasteiger partial charge in [0.05, 0.1) is 26.3 Å². The maximum absolute atomic E-state index is 13.0. The Morgan fingerprint density at radius 2 is 1.72 bits per heavy atom. The van der Waals surface area contributed by atoms with Crippen molar-refractivity contribution in [3.05, 3.63) is 81.1 Å². The smallest absolute Gasteiger partial charge is 0.271 e. The summed E-state index contributed by atoms with van der Waals surface area (Å²) >= 11 is 0. The van der Waals surface area contributed by atoms with Gasteiger partial charge in [-0.2, -0.15) is 5.26 Å². The van der Waals surface area contributed by atoms with Gasteiger partial charge >= 0.3 is 0 Å². The predicted octanol–water partition coefficient (Wildman–Crippen LogP) is 3.06. The van der Waals surface area contributed by atoms with Crippen LogP contribution in [-0.4, -0.2) is 36.3 Å². The fourth-order valence-electron chi connectivity index (χ4n) is 3.30. The summed E-state index contributed by atoms with van der Waals surface area (Å²) in [6.45, 7) is 1.01. The van der Waals surface area contributed by atoms with E-state index in [1.165, 1.54) is 21.1 Å². The molecule has 0 spiro atoms. The Kier molecular flexibility index (Phi) is 6.80. The number of benzene rings is 2. The number of aromatic hydroxyl groups is 1. The summed E-state index contributed by atoms with van der Waals surface area (Å²) < 4.78 is 16.9. The van der Waals surface area contributed by atoms with Crippen molar-refractivity contribution in [1.29, 1.82) is 5.26 Å². The lowest BCUT2D eigenvalue weighted by atomic mass is 10.0. The number of para-hydroxylation sites is 2. The van der Waals surface area contributed by atoms with E-state index in [1.54, 1.807) is 48.5 Å². The van der Waals surface area contributed by atoms with E-state index >= 15 is 0 Å². The monoisotopic (exact) mass is 434 g/mol. The van der Waals surface area contributed by atoms with Crippen LogP contribution in [-0.2, 0) is 6.54 Å². The number of Topliss-reactive ketones (excluding diaryl/α,β-unsaturated/α-hetero) is 1. The molecule has 0 bridgehead atoms. The van der Waals surface area contributed by atoms with Gasteiger partial charge in [0.1, 0.15) is 17.4 Å². The lowest BCUT2D eigenvalue weighted by molar-refractivity contribution is 0.0914. The molecular formula is C24H22N2O6. The van der Waals surface area contributed by atoms with Gasteiger partial charge in [-0.1, -0.05) is 24.3 Å². The minimum Gasteiger partial charge on any atom is -0.497 e. The molecule has 1 aromatic heterocycles.